The van der Waals surface area contributed by atoms with Crippen LogP contribution < -0.4 is 5.32 Å². The van der Waals surface area contributed by atoms with Crippen LogP contribution in [0.2, 0.25) is 0 Å². The predicted octanol–water partition coefficient (Wildman–Crippen LogP) is 2.23. The molecule has 0 aliphatic rings. The highest BCUT2D eigenvalue weighted by atomic mass is 16.4. The van der Waals surface area contributed by atoms with E-state index >= 15 is 0 Å². The topological polar surface area (TPSA) is 75.1 Å². The number of hydrogen-bond donors (Lipinski definition) is 2. The number of hydrogen-bond acceptors (Lipinski definition) is 3. The maximum Gasteiger partial charge on any atom is 0.410 e. The van der Waals surface area contributed by atoms with Crippen molar-refractivity contribution in [3.05, 3.63) is 42.6 Å². The Bertz CT molecular complexity index is 500. The summed E-state index contributed by atoms with van der Waals surface area (Å²) in [6.45, 7) is 0. The van der Waals surface area contributed by atoms with Crippen LogP contribution in [-0.2, 0) is 0 Å². The van der Waals surface area contributed by atoms with Gasteiger partial charge in [0, 0.05) is 6.20 Å². The molecular formula is C11H9N3O2. The minimum Gasteiger partial charge on any atom is -0.465 e. The Hall–Kier alpha value is -2.43. The SMILES string of the molecule is O=C(O)Nc1cccc(-c2ccccn2)n1. The summed E-state index contributed by atoms with van der Waals surface area (Å²) in [7, 11) is 0. The van der Waals surface area contributed by atoms with Crippen LogP contribution >= 0.6 is 0 Å². The smallest absolute Gasteiger partial charge is 0.410 e. The summed E-state index contributed by atoms with van der Waals surface area (Å²) < 4.78 is 0. The molecule has 0 radical (unpaired) electrons. The molecule has 0 saturated carbocycles. The summed E-state index contributed by atoms with van der Waals surface area (Å²) in [5.41, 5.74) is 1.34. The van der Waals surface area contributed by atoms with E-state index in [0.29, 0.717) is 11.4 Å². The van der Waals surface area contributed by atoms with Gasteiger partial charge < -0.3 is 5.11 Å². The molecule has 0 spiro atoms. The summed E-state index contributed by atoms with van der Waals surface area (Å²) >= 11 is 0. The van der Waals surface area contributed by atoms with Crippen molar-refractivity contribution in [2.24, 2.45) is 0 Å². The minimum atomic E-state index is -1.13. The van der Waals surface area contributed by atoms with Crippen molar-refractivity contribution < 1.29 is 9.90 Å². The van der Waals surface area contributed by atoms with E-state index in [9.17, 15) is 4.79 Å². The predicted molar refractivity (Wildman–Crippen MR) is 59.1 cm³/mol. The van der Waals surface area contributed by atoms with Crippen LogP contribution in [0.15, 0.2) is 42.6 Å². The van der Waals surface area contributed by atoms with Gasteiger partial charge in [0.25, 0.3) is 0 Å². The number of pyridine rings is 2. The highest BCUT2D eigenvalue weighted by molar-refractivity contribution is 5.81. The molecule has 0 aromatic carbocycles. The van der Waals surface area contributed by atoms with Crippen LogP contribution in [0.25, 0.3) is 11.4 Å². The number of nitrogens with zero attached hydrogens (tertiary/aromatic N) is 2. The monoisotopic (exact) mass is 215 g/mol. The molecule has 0 aliphatic heterocycles. The third kappa shape index (κ3) is 2.33. The Morgan fingerprint density at radius 1 is 1.12 bits per heavy atom. The number of anilines is 1. The highest BCUT2D eigenvalue weighted by Crippen LogP contribution is 2.15. The molecule has 2 N–H and O–H groups in total. The van der Waals surface area contributed by atoms with Gasteiger partial charge in [0.15, 0.2) is 0 Å². The van der Waals surface area contributed by atoms with Crippen molar-refractivity contribution >= 4 is 11.9 Å². The Labute approximate surface area is 91.8 Å². The molecule has 2 aromatic heterocycles. The zero-order valence-electron chi connectivity index (χ0n) is 8.29. The lowest BCUT2D eigenvalue weighted by molar-refractivity contribution is 0.209. The number of aromatic nitrogens is 2. The molecular weight excluding hydrogens is 206 g/mol. The van der Waals surface area contributed by atoms with E-state index in [-0.39, 0.29) is 5.82 Å². The maximum atomic E-state index is 10.4. The van der Waals surface area contributed by atoms with Crippen molar-refractivity contribution in [1.29, 1.82) is 0 Å². The number of carbonyl (C=O) groups is 1. The summed E-state index contributed by atoms with van der Waals surface area (Å²) in [4.78, 5) is 18.7. The molecule has 0 unspecified atom stereocenters. The second-order valence-corrected chi connectivity index (χ2v) is 3.05. The molecule has 5 heteroatoms. The van der Waals surface area contributed by atoms with E-state index < -0.39 is 6.09 Å². The van der Waals surface area contributed by atoms with Gasteiger partial charge >= 0.3 is 6.09 Å². The minimum absolute atomic E-state index is 0.288. The van der Waals surface area contributed by atoms with Crippen LogP contribution in [0, 0.1) is 0 Å². The third-order valence-corrected chi connectivity index (χ3v) is 1.91. The zero-order chi connectivity index (χ0) is 11.4. The van der Waals surface area contributed by atoms with Crippen LogP contribution in [0.5, 0.6) is 0 Å². The van der Waals surface area contributed by atoms with Crippen LogP contribution in [-0.4, -0.2) is 21.2 Å². The first kappa shape index (κ1) is 10.1. The molecule has 2 rings (SSSR count). The van der Waals surface area contributed by atoms with Gasteiger partial charge in [-0.1, -0.05) is 12.1 Å². The van der Waals surface area contributed by atoms with Crippen molar-refractivity contribution in [2.75, 3.05) is 5.32 Å². The summed E-state index contributed by atoms with van der Waals surface area (Å²) in [6.07, 6.45) is 0.527. The quantitative estimate of drug-likeness (QED) is 0.805. The van der Waals surface area contributed by atoms with E-state index in [2.05, 4.69) is 15.3 Å². The summed E-state index contributed by atoms with van der Waals surface area (Å²) in [6, 6.07) is 10.6. The van der Waals surface area contributed by atoms with Crippen LogP contribution in [0.1, 0.15) is 0 Å². The first-order valence-electron chi connectivity index (χ1n) is 4.64. The molecule has 0 bridgehead atoms. The van der Waals surface area contributed by atoms with Crippen molar-refractivity contribution in [3.63, 3.8) is 0 Å². The average Bonchev–Trinajstić information content (AvgIpc) is 2.30. The lowest BCUT2D eigenvalue weighted by Gasteiger charge is -2.02. The average molecular weight is 215 g/mol. The Balaban J connectivity index is 2.33. The van der Waals surface area contributed by atoms with Gasteiger partial charge in [-0.3, -0.25) is 10.3 Å². The number of nitrogens with one attached hydrogen (secondary N) is 1. The number of carboxylic acid groups (broad SMARTS) is 1. The second-order valence-electron chi connectivity index (χ2n) is 3.05. The van der Waals surface area contributed by atoms with E-state index in [4.69, 9.17) is 5.11 Å². The van der Waals surface area contributed by atoms with Gasteiger partial charge in [-0.05, 0) is 24.3 Å². The molecule has 5 nitrogen and oxygen atoms in total. The molecule has 16 heavy (non-hydrogen) atoms. The Kier molecular flexibility index (Phi) is 2.77. The Morgan fingerprint density at radius 2 is 1.94 bits per heavy atom. The largest absolute Gasteiger partial charge is 0.465 e. The lowest BCUT2D eigenvalue weighted by Crippen LogP contribution is -2.08. The molecule has 0 aliphatic carbocycles. The number of rotatable bonds is 2. The van der Waals surface area contributed by atoms with Crippen LogP contribution in [0.4, 0.5) is 10.6 Å². The molecule has 2 aromatic rings. The second kappa shape index (κ2) is 4.39. The van der Waals surface area contributed by atoms with E-state index in [1.807, 2.05) is 18.2 Å². The van der Waals surface area contributed by atoms with Crippen molar-refractivity contribution in [1.82, 2.24) is 9.97 Å². The fraction of sp³-hybridized carbons (Fsp3) is 0. The van der Waals surface area contributed by atoms with E-state index in [0.717, 1.165) is 0 Å². The highest BCUT2D eigenvalue weighted by Gasteiger charge is 2.03. The molecule has 0 atom stereocenters. The van der Waals surface area contributed by atoms with Gasteiger partial charge in [-0.25, -0.2) is 9.78 Å². The van der Waals surface area contributed by atoms with Crippen LogP contribution in [0.3, 0.4) is 0 Å². The molecule has 80 valence electrons. The Morgan fingerprint density at radius 3 is 2.62 bits per heavy atom. The van der Waals surface area contributed by atoms with Gasteiger partial charge in [0.05, 0.1) is 11.4 Å². The fourth-order valence-electron chi connectivity index (χ4n) is 1.27. The summed E-state index contributed by atoms with van der Waals surface area (Å²) in [5.74, 6) is 0.288. The zero-order valence-corrected chi connectivity index (χ0v) is 8.29. The van der Waals surface area contributed by atoms with Gasteiger partial charge in [-0.2, -0.15) is 0 Å². The molecule has 2 heterocycles. The molecule has 1 amide bonds. The third-order valence-electron chi connectivity index (χ3n) is 1.91. The van der Waals surface area contributed by atoms with Crippen molar-refractivity contribution in [3.8, 4) is 11.4 Å². The maximum absolute atomic E-state index is 10.4. The lowest BCUT2D eigenvalue weighted by atomic mass is 10.2. The van der Waals surface area contributed by atoms with Gasteiger partial charge in [-0.15, -0.1) is 0 Å². The van der Waals surface area contributed by atoms with Gasteiger partial charge in [0.2, 0.25) is 0 Å². The first-order chi connectivity index (χ1) is 7.75. The molecule has 0 fully saturated rings. The van der Waals surface area contributed by atoms with E-state index in [1.54, 1.807) is 24.4 Å². The molecule has 0 saturated heterocycles. The standard InChI is InChI=1S/C11H9N3O2/c15-11(16)14-10-6-3-5-9(13-10)8-4-1-2-7-12-8/h1-7H,(H,13,14)(H,15,16). The normalized spacial score (nSPS) is 9.75. The first-order valence-corrected chi connectivity index (χ1v) is 4.64. The van der Waals surface area contributed by atoms with Gasteiger partial charge in [0.1, 0.15) is 5.82 Å². The van der Waals surface area contributed by atoms with Crippen molar-refractivity contribution in [2.45, 2.75) is 0 Å². The fourth-order valence-corrected chi connectivity index (χ4v) is 1.27. The summed E-state index contributed by atoms with van der Waals surface area (Å²) in [5, 5.41) is 10.8. The number of amides is 1. The van der Waals surface area contributed by atoms with E-state index in [1.165, 1.54) is 0 Å².